The molecule has 4 aromatic carbocycles. The zero-order valence-electron chi connectivity index (χ0n) is 16.7. The van der Waals surface area contributed by atoms with Gasteiger partial charge in [-0.15, -0.1) is 0 Å². The number of tetrazole rings is 1. The first-order valence-corrected chi connectivity index (χ1v) is 21.5. The Kier molecular flexibility index (Phi) is 5.95. The molecule has 4 nitrogen and oxygen atoms in total. The fourth-order valence-electron chi connectivity index (χ4n) is 3.81. The Balaban J connectivity index is 1.75. The molecule has 6 heteroatoms. The average Bonchev–Trinajstić information content (AvgIpc) is 3.33. The summed E-state index contributed by atoms with van der Waals surface area (Å²) in [7, 11) is 1.87. The summed E-state index contributed by atoms with van der Waals surface area (Å²) < 4.78 is 6.02. The van der Waals surface area contributed by atoms with Gasteiger partial charge < -0.3 is 0 Å². The van der Waals surface area contributed by atoms with Gasteiger partial charge in [0.2, 0.25) is 0 Å². The van der Waals surface area contributed by atoms with Gasteiger partial charge in [0, 0.05) is 0 Å². The molecular formula is C25H20N4PbS. The molecule has 0 fully saturated rings. The van der Waals surface area contributed by atoms with Crippen LogP contribution in [0.15, 0.2) is 126 Å². The number of aromatic nitrogens is 4. The summed E-state index contributed by atoms with van der Waals surface area (Å²) in [6.45, 7) is 0. The molecule has 0 aliphatic carbocycles. The number of hydrogen-bond donors (Lipinski definition) is 0. The monoisotopic (exact) mass is 616 g/mol. The Morgan fingerprint density at radius 3 is 1.42 bits per heavy atom. The Morgan fingerprint density at radius 2 is 0.968 bits per heavy atom. The maximum atomic E-state index is 4.47. The van der Waals surface area contributed by atoms with Crippen LogP contribution in [0.1, 0.15) is 0 Å². The van der Waals surface area contributed by atoms with E-state index >= 15 is 0 Å². The molecule has 1 aromatic heterocycles. The zero-order valence-corrected chi connectivity index (χ0v) is 21.4. The quantitative estimate of drug-likeness (QED) is 0.275. The van der Waals surface area contributed by atoms with Gasteiger partial charge in [-0.05, 0) is 0 Å². The summed E-state index contributed by atoms with van der Waals surface area (Å²) in [5, 5.41) is 13.7. The third-order valence-electron chi connectivity index (χ3n) is 5.23. The van der Waals surface area contributed by atoms with Crippen LogP contribution in [-0.2, 0) is 0 Å². The molecule has 0 unspecified atom stereocenters. The summed E-state index contributed by atoms with van der Waals surface area (Å²) in [5.41, 5.74) is 0.964. The van der Waals surface area contributed by atoms with E-state index in [0.29, 0.717) is 0 Å². The van der Waals surface area contributed by atoms with Gasteiger partial charge in [-0.3, -0.25) is 0 Å². The number of rotatable bonds is 6. The van der Waals surface area contributed by atoms with Crippen molar-refractivity contribution < 1.29 is 0 Å². The van der Waals surface area contributed by atoms with E-state index in [1.165, 1.54) is 9.37 Å². The third kappa shape index (κ3) is 3.95. The van der Waals surface area contributed by atoms with Gasteiger partial charge >= 0.3 is 190 Å². The number of nitrogens with zero attached hydrogens (tertiary/aromatic N) is 4. The van der Waals surface area contributed by atoms with Gasteiger partial charge in [-0.25, -0.2) is 0 Å². The van der Waals surface area contributed by atoms with Crippen LogP contribution >= 0.6 is 8.31 Å². The summed E-state index contributed by atoms with van der Waals surface area (Å²) in [4.78, 5) is 0. The van der Waals surface area contributed by atoms with E-state index in [0.717, 1.165) is 10.8 Å². The molecule has 0 saturated heterocycles. The number of benzene rings is 4. The Bertz CT molecular complexity index is 1150. The van der Waals surface area contributed by atoms with Crippen molar-refractivity contribution in [3.63, 3.8) is 0 Å². The molecule has 5 aromatic rings. The molecule has 0 N–H and O–H groups in total. The minimum absolute atomic E-state index is 0.824. The predicted octanol–water partition coefficient (Wildman–Crippen LogP) is 3.42. The Morgan fingerprint density at radius 1 is 0.548 bits per heavy atom. The van der Waals surface area contributed by atoms with E-state index in [1.54, 1.807) is 0 Å². The standard InChI is InChI=1S/C7H6N4S.3C6H5.Pb/c12-7-8-9-10-11(7)6-4-2-1-3-5-6;3*1-2-4-6-5-3-1;/h1-5H,(H,8,10,12);3*1-5H;/q;;;;+1/p-1. The van der Waals surface area contributed by atoms with Gasteiger partial charge in [0.1, 0.15) is 0 Å². The van der Waals surface area contributed by atoms with Crippen molar-refractivity contribution in [3.8, 4) is 5.69 Å². The molecule has 0 atom stereocenters. The summed E-state index contributed by atoms with van der Waals surface area (Å²) in [5.74, 6) is 0. The molecule has 0 aliphatic rings. The van der Waals surface area contributed by atoms with Crippen molar-refractivity contribution in [2.24, 2.45) is 0 Å². The Labute approximate surface area is 188 Å². The molecule has 0 saturated carbocycles. The normalized spacial score (nSPS) is 11.4. The van der Waals surface area contributed by atoms with Crippen molar-refractivity contribution in [1.29, 1.82) is 0 Å². The van der Waals surface area contributed by atoms with E-state index in [9.17, 15) is 0 Å². The van der Waals surface area contributed by atoms with Crippen LogP contribution in [-0.4, -0.2) is 39.9 Å². The van der Waals surface area contributed by atoms with Crippen LogP contribution in [0.3, 0.4) is 0 Å². The van der Waals surface area contributed by atoms with Crippen molar-refractivity contribution >= 4 is 37.4 Å². The van der Waals surface area contributed by atoms with Crippen LogP contribution in [0.5, 0.6) is 0 Å². The molecule has 0 bridgehead atoms. The van der Waals surface area contributed by atoms with Gasteiger partial charge in [0.25, 0.3) is 0 Å². The molecule has 31 heavy (non-hydrogen) atoms. The van der Waals surface area contributed by atoms with Gasteiger partial charge in [0.05, 0.1) is 0 Å². The molecule has 0 aliphatic heterocycles. The zero-order chi connectivity index (χ0) is 20.9. The van der Waals surface area contributed by atoms with Gasteiger partial charge in [0.15, 0.2) is 0 Å². The van der Waals surface area contributed by atoms with Gasteiger partial charge in [-0.2, -0.15) is 0 Å². The van der Waals surface area contributed by atoms with E-state index in [4.69, 9.17) is 0 Å². The van der Waals surface area contributed by atoms with Crippen LogP contribution in [0.4, 0.5) is 0 Å². The van der Waals surface area contributed by atoms with Crippen molar-refractivity contribution in [2.75, 3.05) is 0 Å². The second kappa shape index (κ2) is 9.15. The molecule has 0 amide bonds. The molecule has 0 radical (unpaired) electrons. The first-order chi connectivity index (χ1) is 15.4. The van der Waals surface area contributed by atoms with Crippen LogP contribution < -0.4 is 9.37 Å². The number of hydrogen-bond acceptors (Lipinski definition) is 4. The molecule has 150 valence electrons. The summed E-state index contributed by atoms with van der Waals surface area (Å²) >= 11 is -3.75. The number of para-hydroxylation sites is 1. The van der Waals surface area contributed by atoms with Crippen LogP contribution in [0, 0.1) is 0 Å². The van der Waals surface area contributed by atoms with Crippen LogP contribution in [0.25, 0.3) is 5.69 Å². The molecule has 0 spiro atoms. The Hall–Kier alpha value is -2.78. The van der Waals surface area contributed by atoms with E-state index in [2.05, 4.69) is 107 Å². The van der Waals surface area contributed by atoms with E-state index < -0.39 is 19.7 Å². The third-order valence-corrected chi connectivity index (χ3v) is 31.2. The van der Waals surface area contributed by atoms with Crippen LogP contribution in [0.2, 0.25) is 0 Å². The van der Waals surface area contributed by atoms with Gasteiger partial charge in [-0.1, -0.05) is 0 Å². The minimum atomic E-state index is -3.75. The molecular weight excluding hydrogens is 596 g/mol. The topological polar surface area (TPSA) is 43.6 Å². The molecule has 1 heterocycles. The fourth-order valence-corrected chi connectivity index (χ4v) is 28.7. The first kappa shape index (κ1) is 20.1. The van der Waals surface area contributed by atoms with Crippen molar-refractivity contribution in [3.05, 3.63) is 121 Å². The van der Waals surface area contributed by atoms with E-state index in [-0.39, 0.29) is 0 Å². The van der Waals surface area contributed by atoms with E-state index in [1.807, 2.05) is 43.3 Å². The predicted molar refractivity (Wildman–Crippen MR) is 129 cm³/mol. The second-order valence-electron chi connectivity index (χ2n) is 7.09. The maximum absolute atomic E-state index is 4.47. The SMILES string of the molecule is c1ccc(-n2nnnc2[S][Pb]([c]2ccccc2)([c]2ccccc2)[c]2ccccc2)cc1. The fraction of sp³-hybridized carbons (Fsp3) is 0. The second-order valence-corrected chi connectivity index (χ2v) is 27.4. The van der Waals surface area contributed by atoms with Crippen molar-refractivity contribution in [2.45, 2.75) is 5.16 Å². The molecule has 5 rings (SSSR count). The summed E-state index contributed by atoms with van der Waals surface area (Å²) in [6.07, 6.45) is 0. The average molecular weight is 616 g/mol. The summed E-state index contributed by atoms with van der Waals surface area (Å²) in [6, 6.07) is 42.8. The van der Waals surface area contributed by atoms with Crippen molar-refractivity contribution in [1.82, 2.24) is 20.2 Å². The first-order valence-electron chi connectivity index (χ1n) is 10.1.